The van der Waals surface area contributed by atoms with E-state index < -0.39 is 0 Å². The Morgan fingerprint density at radius 2 is 1.94 bits per heavy atom. The molecule has 0 radical (unpaired) electrons. The number of rotatable bonds is 7. The normalized spacial score (nSPS) is 9.28. The Morgan fingerprint density at radius 1 is 1.22 bits per heavy atom. The van der Waals surface area contributed by atoms with Crippen LogP contribution < -0.4 is 15.4 Å². The van der Waals surface area contributed by atoms with Crippen LogP contribution in [0.15, 0.2) is 30.3 Å². The maximum absolute atomic E-state index is 11.2. The summed E-state index contributed by atoms with van der Waals surface area (Å²) in [6.45, 7) is 1.48. The molecule has 5 nitrogen and oxygen atoms in total. The van der Waals surface area contributed by atoms with Gasteiger partial charge in [-0.15, -0.1) is 0 Å². The van der Waals surface area contributed by atoms with Crippen molar-refractivity contribution >= 4 is 6.03 Å². The zero-order valence-corrected chi connectivity index (χ0v) is 10.2. The predicted molar refractivity (Wildman–Crippen MR) is 68.2 cm³/mol. The van der Waals surface area contributed by atoms with E-state index in [1.54, 1.807) is 0 Å². The number of hydrogen-bond donors (Lipinski definition) is 2. The van der Waals surface area contributed by atoms with Crippen molar-refractivity contribution in [2.24, 2.45) is 0 Å². The molecule has 0 unspecified atom stereocenters. The number of carbonyl (C=O) groups excluding carboxylic acids is 1. The van der Waals surface area contributed by atoms with Crippen LogP contribution in [0.3, 0.4) is 0 Å². The van der Waals surface area contributed by atoms with Crippen molar-refractivity contribution < 1.29 is 9.53 Å². The molecule has 0 aliphatic heterocycles. The fraction of sp³-hybridized carbons (Fsp3) is 0.385. The Morgan fingerprint density at radius 3 is 2.67 bits per heavy atom. The van der Waals surface area contributed by atoms with Crippen molar-refractivity contribution in [1.82, 2.24) is 10.6 Å². The summed E-state index contributed by atoms with van der Waals surface area (Å²) < 4.78 is 5.47. The molecule has 0 aliphatic rings. The second-order valence-corrected chi connectivity index (χ2v) is 3.61. The first kappa shape index (κ1) is 13.8. The maximum Gasteiger partial charge on any atom is 0.314 e. The second kappa shape index (κ2) is 8.88. The van der Waals surface area contributed by atoms with Crippen LogP contribution in [0.4, 0.5) is 4.79 Å². The third-order valence-corrected chi connectivity index (χ3v) is 2.14. The van der Waals surface area contributed by atoms with Crippen LogP contribution in [0.1, 0.15) is 12.8 Å². The number of nitrogens with one attached hydrogen (secondary N) is 2. The number of nitriles is 1. The Bertz CT molecular complexity index is 387. The number of para-hydroxylation sites is 1. The first-order valence-electron chi connectivity index (χ1n) is 5.89. The van der Waals surface area contributed by atoms with Gasteiger partial charge in [0.25, 0.3) is 0 Å². The molecule has 1 aromatic rings. The van der Waals surface area contributed by atoms with E-state index in [0.29, 0.717) is 26.1 Å². The van der Waals surface area contributed by atoms with Gasteiger partial charge in [0.1, 0.15) is 5.75 Å². The van der Waals surface area contributed by atoms with Crippen molar-refractivity contribution in [1.29, 1.82) is 5.26 Å². The highest BCUT2D eigenvalue weighted by Crippen LogP contribution is 2.07. The van der Waals surface area contributed by atoms with Crippen molar-refractivity contribution in [2.45, 2.75) is 12.8 Å². The number of amides is 2. The molecule has 0 spiro atoms. The molecule has 1 aromatic carbocycles. The fourth-order valence-electron chi connectivity index (χ4n) is 1.28. The van der Waals surface area contributed by atoms with Gasteiger partial charge < -0.3 is 15.4 Å². The van der Waals surface area contributed by atoms with Crippen LogP contribution in [0.2, 0.25) is 0 Å². The van der Waals surface area contributed by atoms with E-state index in [1.807, 2.05) is 36.4 Å². The topological polar surface area (TPSA) is 74.2 Å². The summed E-state index contributed by atoms with van der Waals surface area (Å²) in [4.78, 5) is 11.2. The zero-order chi connectivity index (χ0) is 13.1. The third-order valence-electron chi connectivity index (χ3n) is 2.14. The van der Waals surface area contributed by atoms with Crippen LogP contribution in [0.5, 0.6) is 5.75 Å². The Balaban J connectivity index is 1.99. The molecule has 1 rings (SSSR count). The van der Waals surface area contributed by atoms with Crippen LogP contribution in [0.25, 0.3) is 0 Å². The third kappa shape index (κ3) is 6.38. The highest BCUT2D eigenvalue weighted by atomic mass is 16.5. The second-order valence-electron chi connectivity index (χ2n) is 3.61. The SMILES string of the molecule is N#CCCNC(=O)NCCCOc1ccccc1. The predicted octanol–water partition coefficient (Wildman–Crippen LogP) is 1.67. The molecule has 0 fully saturated rings. The van der Waals surface area contributed by atoms with Gasteiger partial charge in [0.05, 0.1) is 19.1 Å². The monoisotopic (exact) mass is 247 g/mol. The summed E-state index contributed by atoms with van der Waals surface area (Å²) in [5.74, 6) is 0.830. The highest BCUT2D eigenvalue weighted by molar-refractivity contribution is 5.73. The molecule has 0 saturated carbocycles. The van der Waals surface area contributed by atoms with Crippen LogP contribution in [-0.4, -0.2) is 25.7 Å². The van der Waals surface area contributed by atoms with Crippen molar-refractivity contribution in [2.75, 3.05) is 19.7 Å². The Labute approximate surface area is 107 Å². The summed E-state index contributed by atoms with van der Waals surface area (Å²) in [5, 5.41) is 13.6. The number of nitrogens with zero attached hydrogens (tertiary/aromatic N) is 1. The number of hydrogen-bond acceptors (Lipinski definition) is 3. The Hall–Kier alpha value is -2.22. The fourth-order valence-corrected chi connectivity index (χ4v) is 1.28. The minimum absolute atomic E-state index is 0.245. The largest absolute Gasteiger partial charge is 0.494 e. The molecule has 0 atom stereocenters. The number of ether oxygens (including phenoxy) is 1. The molecule has 2 N–H and O–H groups in total. The van der Waals surface area contributed by atoms with Gasteiger partial charge in [-0.05, 0) is 18.6 Å². The average Bonchev–Trinajstić information content (AvgIpc) is 2.40. The lowest BCUT2D eigenvalue weighted by molar-refractivity contribution is 0.239. The standard InChI is InChI=1S/C13H17N3O2/c14-8-4-9-15-13(17)16-10-5-11-18-12-6-2-1-3-7-12/h1-3,6-7H,4-5,9-11H2,(H2,15,16,17). The van der Waals surface area contributed by atoms with Crippen molar-refractivity contribution in [3.05, 3.63) is 30.3 Å². The van der Waals surface area contributed by atoms with E-state index in [4.69, 9.17) is 10.00 Å². The summed E-state index contributed by atoms with van der Waals surface area (Å²) in [7, 11) is 0. The van der Waals surface area contributed by atoms with E-state index in [1.165, 1.54) is 0 Å². The zero-order valence-electron chi connectivity index (χ0n) is 10.2. The number of urea groups is 1. The van der Waals surface area contributed by atoms with Gasteiger partial charge in [0.15, 0.2) is 0 Å². The minimum Gasteiger partial charge on any atom is -0.494 e. The molecule has 0 aliphatic carbocycles. The average molecular weight is 247 g/mol. The van der Waals surface area contributed by atoms with E-state index in [-0.39, 0.29) is 6.03 Å². The Kier molecular flexibility index (Phi) is 6.83. The summed E-state index contributed by atoms with van der Waals surface area (Å²) in [5.41, 5.74) is 0. The lowest BCUT2D eigenvalue weighted by Crippen LogP contribution is -2.36. The molecule has 2 amide bonds. The molecule has 0 saturated heterocycles. The summed E-state index contributed by atoms with van der Waals surface area (Å²) in [6.07, 6.45) is 1.06. The summed E-state index contributed by atoms with van der Waals surface area (Å²) in [6, 6.07) is 11.2. The lowest BCUT2D eigenvalue weighted by atomic mass is 10.3. The van der Waals surface area contributed by atoms with Gasteiger partial charge in [0.2, 0.25) is 0 Å². The van der Waals surface area contributed by atoms with E-state index in [9.17, 15) is 4.79 Å². The number of benzene rings is 1. The molecular formula is C13H17N3O2. The molecule has 0 bridgehead atoms. The van der Waals surface area contributed by atoms with Gasteiger partial charge in [-0.25, -0.2) is 4.79 Å². The van der Waals surface area contributed by atoms with Crippen LogP contribution in [-0.2, 0) is 0 Å². The first-order valence-corrected chi connectivity index (χ1v) is 5.89. The van der Waals surface area contributed by atoms with E-state index in [0.717, 1.165) is 12.2 Å². The molecule has 96 valence electrons. The quantitative estimate of drug-likeness (QED) is 0.720. The smallest absolute Gasteiger partial charge is 0.314 e. The highest BCUT2D eigenvalue weighted by Gasteiger charge is 1.98. The molecular weight excluding hydrogens is 230 g/mol. The molecule has 18 heavy (non-hydrogen) atoms. The first-order chi connectivity index (χ1) is 8.83. The van der Waals surface area contributed by atoms with Gasteiger partial charge in [-0.1, -0.05) is 18.2 Å². The van der Waals surface area contributed by atoms with Crippen LogP contribution in [0, 0.1) is 11.3 Å². The number of carbonyl (C=O) groups is 1. The van der Waals surface area contributed by atoms with Gasteiger partial charge >= 0.3 is 6.03 Å². The van der Waals surface area contributed by atoms with Gasteiger partial charge in [-0.3, -0.25) is 0 Å². The van der Waals surface area contributed by atoms with Gasteiger partial charge in [0, 0.05) is 13.1 Å². The molecule has 0 heterocycles. The summed E-state index contributed by atoms with van der Waals surface area (Å²) >= 11 is 0. The van der Waals surface area contributed by atoms with Crippen molar-refractivity contribution in [3.63, 3.8) is 0 Å². The maximum atomic E-state index is 11.2. The minimum atomic E-state index is -0.245. The molecule has 5 heteroatoms. The van der Waals surface area contributed by atoms with E-state index >= 15 is 0 Å². The van der Waals surface area contributed by atoms with Crippen molar-refractivity contribution in [3.8, 4) is 11.8 Å². The van der Waals surface area contributed by atoms with E-state index in [2.05, 4.69) is 10.6 Å². The lowest BCUT2D eigenvalue weighted by Gasteiger charge is -2.07. The van der Waals surface area contributed by atoms with Gasteiger partial charge in [-0.2, -0.15) is 5.26 Å². The van der Waals surface area contributed by atoms with Crippen LogP contribution >= 0.6 is 0 Å². The molecule has 0 aromatic heterocycles.